The summed E-state index contributed by atoms with van der Waals surface area (Å²) in [5.41, 5.74) is 1.62. The van der Waals surface area contributed by atoms with E-state index in [1.165, 1.54) is 0 Å². The Kier molecular flexibility index (Phi) is 5.03. The van der Waals surface area contributed by atoms with E-state index >= 15 is 0 Å². The van der Waals surface area contributed by atoms with Gasteiger partial charge in [0, 0.05) is 5.56 Å². The van der Waals surface area contributed by atoms with E-state index in [1.54, 1.807) is 33.5 Å². The summed E-state index contributed by atoms with van der Waals surface area (Å²) in [5, 5.41) is 11.4. The third kappa shape index (κ3) is 3.65. The van der Waals surface area contributed by atoms with Gasteiger partial charge in [-0.1, -0.05) is 12.1 Å². The van der Waals surface area contributed by atoms with Gasteiger partial charge in [-0.15, -0.1) is 10.2 Å². The van der Waals surface area contributed by atoms with Crippen LogP contribution in [0.4, 0.5) is 5.69 Å². The lowest BCUT2D eigenvalue weighted by molar-refractivity contribution is 0.355. The van der Waals surface area contributed by atoms with Gasteiger partial charge in [0.1, 0.15) is 5.75 Å². The summed E-state index contributed by atoms with van der Waals surface area (Å²) < 4.78 is 21.5. The van der Waals surface area contributed by atoms with E-state index in [4.69, 9.17) is 18.6 Å². The molecule has 0 aliphatic carbocycles. The molecule has 7 heteroatoms. The average molecular weight is 341 g/mol. The maximum atomic E-state index is 5.72. The Bertz CT molecular complexity index is 848. The highest BCUT2D eigenvalue weighted by Gasteiger charge is 2.12. The molecule has 0 unspecified atom stereocenters. The van der Waals surface area contributed by atoms with Crippen LogP contribution in [0.3, 0.4) is 0 Å². The van der Waals surface area contributed by atoms with Crippen LogP contribution in [0.15, 0.2) is 46.9 Å². The fourth-order valence-electron chi connectivity index (χ4n) is 2.37. The van der Waals surface area contributed by atoms with Gasteiger partial charge in [-0.2, -0.15) is 0 Å². The zero-order valence-corrected chi connectivity index (χ0v) is 14.3. The van der Waals surface area contributed by atoms with Crippen LogP contribution in [0.25, 0.3) is 11.5 Å². The second kappa shape index (κ2) is 7.57. The average Bonchev–Trinajstić information content (AvgIpc) is 3.15. The van der Waals surface area contributed by atoms with Crippen LogP contribution in [-0.4, -0.2) is 31.5 Å². The van der Waals surface area contributed by atoms with Crippen LogP contribution in [0.2, 0.25) is 0 Å². The maximum absolute atomic E-state index is 5.72. The highest BCUT2D eigenvalue weighted by molar-refractivity contribution is 5.60. The van der Waals surface area contributed by atoms with Crippen molar-refractivity contribution in [2.24, 2.45) is 0 Å². The highest BCUT2D eigenvalue weighted by Crippen LogP contribution is 2.32. The van der Waals surface area contributed by atoms with Crippen molar-refractivity contribution in [3.63, 3.8) is 0 Å². The van der Waals surface area contributed by atoms with Gasteiger partial charge in [0.05, 0.1) is 33.6 Å². The highest BCUT2D eigenvalue weighted by atomic mass is 16.5. The number of hydrogen-bond donors (Lipinski definition) is 1. The van der Waals surface area contributed by atoms with E-state index in [2.05, 4.69) is 15.5 Å². The molecule has 0 spiro atoms. The number of benzene rings is 2. The monoisotopic (exact) mass is 341 g/mol. The van der Waals surface area contributed by atoms with Crippen molar-refractivity contribution in [3.05, 3.63) is 48.4 Å². The Labute approximate surface area is 145 Å². The summed E-state index contributed by atoms with van der Waals surface area (Å²) in [6.45, 7) is 0.390. The van der Waals surface area contributed by atoms with Crippen molar-refractivity contribution in [2.75, 3.05) is 26.6 Å². The molecule has 25 heavy (non-hydrogen) atoms. The van der Waals surface area contributed by atoms with E-state index < -0.39 is 0 Å². The van der Waals surface area contributed by atoms with E-state index in [-0.39, 0.29) is 0 Å². The Balaban J connectivity index is 1.74. The van der Waals surface area contributed by atoms with Gasteiger partial charge in [-0.05, 0) is 30.3 Å². The third-order valence-electron chi connectivity index (χ3n) is 3.63. The quantitative estimate of drug-likeness (QED) is 0.706. The largest absolute Gasteiger partial charge is 0.495 e. The molecule has 0 bridgehead atoms. The number of aromatic nitrogens is 2. The van der Waals surface area contributed by atoms with Crippen molar-refractivity contribution in [1.82, 2.24) is 10.2 Å². The van der Waals surface area contributed by atoms with Crippen LogP contribution in [0.1, 0.15) is 5.89 Å². The molecule has 0 aliphatic rings. The molecule has 3 rings (SSSR count). The van der Waals surface area contributed by atoms with Crippen LogP contribution in [0, 0.1) is 0 Å². The molecule has 0 saturated carbocycles. The molecule has 0 fully saturated rings. The second-order valence-corrected chi connectivity index (χ2v) is 5.12. The first-order valence-corrected chi connectivity index (χ1v) is 7.67. The lowest BCUT2D eigenvalue weighted by Crippen LogP contribution is -2.01. The lowest BCUT2D eigenvalue weighted by Gasteiger charge is -2.08. The van der Waals surface area contributed by atoms with E-state index in [9.17, 15) is 0 Å². The zero-order chi connectivity index (χ0) is 17.6. The molecule has 3 aromatic rings. The summed E-state index contributed by atoms with van der Waals surface area (Å²) in [6.07, 6.45) is 0. The SMILES string of the molecule is COc1ccccc1NCc1nnc(-c2ccc(OC)c(OC)c2)o1. The van der Waals surface area contributed by atoms with Gasteiger partial charge in [0.15, 0.2) is 11.5 Å². The minimum absolute atomic E-state index is 0.390. The smallest absolute Gasteiger partial charge is 0.247 e. The predicted octanol–water partition coefficient (Wildman–Crippen LogP) is 3.37. The lowest BCUT2D eigenvalue weighted by atomic mass is 10.2. The van der Waals surface area contributed by atoms with Crippen LogP contribution in [0.5, 0.6) is 17.2 Å². The Hall–Kier alpha value is -3.22. The molecule has 0 radical (unpaired) electrons. The molecule has 7 nitrogen and oxygen atoms in total. The van der Waals surface area contributed by atoms with Gasteiger partial charge in [-0.3, -0.25) is 0 Å². The molecular weight excluding hydrogens is 322 g/mol. The summed E-state index contributed by atoms with van der Waals surface area (Å²) in [4.78, 5) is 0. The number of nitrogens with one attached hydrogen (secondary N) is 1. The molecule has 0 saturated heterocycles. The first-order chi connectivity index (χ1) is 12.2. The number of ether oxygens (including phenoxy) is 3. The molecular formula is C18H19N3O4. The topological polar surface area (TPSA) is 78.6 Å². The molecule has 1 aromatic heterocycles. The molecule has 0 amide bonds. The minimum atomic E-state index is 0.390. The van der Waals surface area contributed by atoms with E-state index in [0.29, 0.717) is 29.8 Å². The first kappa shape index (κ1) is 16.6. The molecule has 0 aliphatic heterocycles. The Morgan fingerprint density at radius 2 is 1.64 bits per heavy atom. The minimum Gasteiger partial charge on any atom is -0.495 e. The standard InChI is InChI=1S/C18H19N3O4/c1-22-14-7-5-4-6-13(14)19-11-17-20-21-18(25-17)12-8-9-15(23-2)16(10-12)24-3/h4-10,19H,11H2,1-3H3. The fraction of sp³-hybridized carbons (Fsp3) is 0.222. The van der Waals surface area contributed by atoms with E-state index in [0.717, 1.165) is 17.0 Å². The summed E-state index contributed by atoms with van der Waals surface area (Å²) >= 11 is 0. The van der Waals surface area contributed by atoms with Crippen molar-refractivity contribution >= 4 is 5.69 Å². The summed E-state index contributed by atoms with van der Waals surface area (Å²) in [5.74, 6) is 2.88. The molecule has 0 atom stereocenters. The third-order valence-corrected chi connectivity index (χ3v) is 3.63. The molecule has 130 valence electrons. The zero-order valence-electron chi connectivity index (χ0n) is 14.3. The number of rotatable bonds is 7. The Morgan fingerprint density at radius 3 is 2.40 bits per heavy atom. The van der Waals surface area contributed by atoms with E-state index in [1.807, 2.05) is 30.3 Å². The van der Waals surface area contributed by atoms with Crippen molar-refractivity contribution < 1.29 is 18.6 Å². The van der Waals surface area contributed by atoms with Gasteiger partial charge >= 0.3 is 0 Å². The van der Waals surface area contributed by atoms with Gasteiger partial charge in [0.2, 0.25) is 11.8 Å². The van der Waals surface area contributed by atoms with Gasteiger partial charge in [0.25, 0.3) is 0 Å². The molecule has 1 heterocycles. The fourth-order valence-corrected chi connectivity index (χ4v) is 2.37. The summed E-state index contributed by atoms with van der Waals surface area (Å²) in [6, 6.07) is 13.1. The van der Waals surface area contributed by atoms with Crippen molar-refractivity contribution in [1.29, 1.82) is 0 Å². The summed E-state index contributed by atoms with van der Waals surface area (Å²) in [7, 11) is 4.80. The van der Waals surface area contributed by atoms with Gasteiger partial charge in [-0.25, -0.2) is 0 Å². The molecule has 1 N–H and O–H groups in total. The number of methoxy groups -OCH3 is 3. The van der Waals surface area contributed by atoms with Crippen molar-refractivity contribution in [3.8, 4) is 28.7 Å². The first-order valence-electron chi connectivity index (χ1n) is 7.67. The maximum Gasteiger partial charge on any atom is 0.247 e. The van der Waals surface area contributed by atoms with Crippen LogP contribution in [-0.2, 0) is 6.54 Å². The van der Waals surface area contributed by atoms with Crippen LogP contribution < -0.4 is 19.5 Å². The Morgan fingerprint density at radius 1 is 0.880 bits per heavy atom. The second-order valence-electron chi connectivity index (χ2n) is 5.12. The van der Waals surface area contributed by atoms with Gasteiger partial charge < -0.3 is 23.9 Å². The number of para-hydroxylation sites is 2. The number of nitrogens with zero attached hydrogens (tertiary/aromatic N) is 2. The van der Waals surface area contributed by atoms with Crippen LogP contribution >= 0.6 is 0 Å². The predicted molar refractivity (Wildman–Crippen MR) is 93.2 cm³/mol. The normalized spacial score (nSPS) is 10.4. The number of anilines is 1. The van der Waals surface area contributed by atoms with Crippen molar-refractivity contribution in [2.45, 2.75) is 6.54 Å². The molecule has 2 aromatic carbocycles. The number of hydrogen-bond acceptors (Lipinski definition) is 7.